The van der Waals surface area contributed by atoms with Gasteiger partial charge in [0.1, 0.15) is 11.8 Å². The van der Waals surface area contributed by atoms with Crippen molar-refractivity contribution in [3.63, 3.8) is 0 Å². The molecule has 0 bridgehead atoms. The maximum atomic E-state index is 12.7. The highest BCUT2D eigenvalue weighted by Gasteiger charge is 2.40. The Morgan fingerprint density at radius 3 is 2.88 bits per heavy atom. The van der Waals surface area contributed by atoms with Gasteiger partial charge in [0.2, 0.25) is 17.7 Å². The molecule has 1 atom stereocenters. The van der Waals surface area contributed by atoms with Crippen LogP contribution in [-0.4, -0.2) is 46.4 Å². The molecule has 3 rings (SSSR count). The Morgan fingerprint density at radius 1 is 1.35 bits per heavy atom. The molecule has 1 unspecified atom stereocenters. The average Bonchev–Trinajstić information content (AvgIpc) is 2.96. The summed E-state index contributed by atoms with van der Waals surface area (Å²) in [6, 6.07) is 4.43. The first kappa shape index (κ1) is 17.9. The summed E-state index contributed by atoms with van der Waals surface area (Å²) >= 11 is 0. The lowest BCUT2D eigenvalue weighted by Gasteiger charge is -2.29. The van der Waals surface area contributed by atoms with Crippen LogP contribution in [0.3, 0.4) is 0 Å². The molecule has 3 N–H and O–H groups in total. The minimum absolute atomic E-state index is 0.118. The molecule has 1 aromatic carbocycles. The number of amides is 4. The van der Waals surface area contributed by atoms with Crippen LogP contribution in [0.25, 0.3) is 0 Å². The molecular formula is C17H19N3O6. The monoisotopic (exact) mass is 361 g/mol. The second-order valence-electron chi connectivity index (χ2n) is 6.17. The van der Waals surface area contributed by atoms with Crippen LogP contribution in [0.1, 0.15) is 41.6 Å². The van der Waals surface area contributed by atoms with Gasteiger partial charge in [0, 0.05) is 24.0 Å². The standard InChI is InChI=1S/C17H19N3O6/c21-14-7-6-12(16(23)18-14)20-9-11-10(17(20)24)3-1-4-13(11)26-8-2-5-15(22)19-25/h1,3-4,12,25H,2,5-9H2,(H,19,22)(H,18,21,23). The molecule has 0 aromatic heterocycles. The van der Waals surface area contributed by atoms with E-state index in [0.717, 1.165) is 0 Å². The van der Waals surface area contributed by atoms with Crippen molar-refractivity contribution in [1.82, 2.24) is 15.7 Å². The van der Waals surface area contributed by atoms with E-state index in [0.29, 0.717) is 29.7 Å². The molecule has 26 heavy (non-hydrogen) atoms. The Labute approximate surface area is 149 Å². The lowest BCUT2D eigenvalue weighted by molar-refractivity contribution is -0.137. The normalized spacial score (nSPS) is 19.2. The largest absolute Gasteiger partial charge is 0.493 e. The van der Waals surface area contributed by atoms with Crippen molar-refractivity contribution in [2.75, 3.05) is 6.61 Å². The second-order valence-corrected chi connectivity index (χ2v) is 6.17. The van der Waals surface area contributed by atoms with Crippen molar-refractivity contribution in [2.45, 2.75) is 38.3 Å². The number of nitrogens with one attached hydrogen (secondary N) is 2. The van der Waals surface area contributed by atoms with Crippen molar-refractivity contribution in [3.8, 4) is 5.75 Å². The Balaban J connectivity index is 1.68. The molecule has 2 aliphatic heterocycles. The van der Waals surface area contributed by atoms with E-state index in [1.165, 1.54) is 4.90 Å². The van der Waals surface area contributed by atoms with Gasteiger partial charge in [0.15, 0.2) is 0 Å². The van der Waals surface area contributed by atoms with Crippen molar-refractivity contribution in [2.24, 2.45) is 0 Å². The zero-order chi connectivity index (χ0) is 18.7. The molecule has 1 fully saturated rings. The number of imide groups is 1. The molecule has 138 valence electrons. The Morgan fingerprint density at radius 2 is 2.15 bits per heavy atom. The van der Waals surface area contributed by atoms with Crippen LogP contribution in [0.2, 0.25) is 0 Å². The van der Waals surface area contributed by atoms with Gasteiger partial charge in [-0.15, -0.1) is 0 Å². The summed E-state index contributed by atoms with van der Waals surface area (Å²) in [7, 11) is 0. The summed E-state index contributed by atoms with van der Waals surface area (Å²) in [6.45, 7) is 0.476. The average molecular weight is 361 g/mol. The molecule has 4 amide bonds. The number of nitrogens with zero attached hydrogens (tertiary/aromatic N) is 1. The molecule has 9 heteroatoms. The Bertz CT molecular complexity index is 763. The third kappa shape index (κ3) is 3.52. The van der Waals surface area contributed by atoms with E-state index < -0.39 is 17.9 Å². The van der Waals surface area contributed by atoms with Crippen LogP contribution >= 0.6 is 0 Å². The first-order valence-corrected chi connectivity index (χ1v) is 8.33. The molecular weight excluding hydrogens is 342 g/mol. The highest BCUT2D eigenvalue weighted by atomic mass is 16.5. The summed E-state index contributed by atoms with van der Waals surface area (Å²) in [5.74, 6) is -1.02. The third-order valence-electron chi connectivity index (χ3n) is 4.47. The van der Waals surface area contributed by atoms with E-state index in [-0.39, 0.29) is 37.8 Å². The summed E-state index contributed by atoms with van der Waals surface area (Å²) < 4.78 is 5.68. The number of carbonyl (C=O) groups is 4. The zero-order valence-corrected chi connectivity index (χ0v) is 14.0. The third-order valence-corrected chi connectivity index (χ3v) is 4.47. The number of hydrogen-bond acceptors (Lipinski definition) is 6. The van der Waals surface area contributed by atoms with E-state index in [1.807, 2.05) is 0 Å². The van der Waals surface area contributed by atoms with Gasteiger partial charge in [-0.25, -0.2) is 5.48 Å². The Hall–Kier alpha value is -2.94. The number of fused-ring (bicyclic) bond motifs is 1. The van der Waals surface area contributed by atoms with E-state index in [4.69, 9.17) is 9.94 Å². The summed E-state index contributed by atoms with van der Waals surface area (Å²) in [6.07, 6.45) is 1.03. The lowest BCUT2D eigenvalue weighted by atomic mass is 10.0. The predicted molar refractivity (Wildman–Crippen MR) is 87.1 cm³/mol. The maximum Gasteiger partial charge on any atom is 0.255 e. The van der Waals surface area contributed by atoms with Gasteiger partial charge in [0.05, 0.1) is 13.2 Å². The van der Waals surface area contributed by atoms with E-state index in [1.54, 1.807) is 23.7 Å². The number of piperidine rings is 1. The minimum atomic E-state index is -0.672. The first-order chi connectivity index (χ1) is 12.5. The topological polar surface area (TPSA) is 125 Å². The van der Waals surface area contributed by atoms with Crippen LogP contribution in [0.4, 0.5) is 0 Å². The first-order valence-electron chi connectivity index (χ1n) is 8.33. The quantitative estimate of drug-likeness (QED) is 0.286. The van der Waals surface area contributed by atoms with Crippen molar-refractivity contribution < 1.29 is 29.1 Å². The Kier molecular flexibility index (Phi) is 5.17. The molecule has 9 nitrogen and oxygen atoms in total. The van der Waals surface area contributed by atoms with Gasteiger partial charge < -0.3 is 9.64 Å². The van der Waals surface area contributed by atoms with Gasteiger partial charge >= 0.3 is 0 Å². The van der Waals surface area contributed by atoms with E-state index >= 15 is 0 Å². The smallest absolute Gasteiger partial charge is 0.255 e. The number of hydrogen-bond donors (Lipinski definition) is 3. The second kappa shape index (κ2) is 7.52. The van der Waals surface area contributed by atoms with Crippen molar-refractivity contribution in [1.29, 1.82) is 0 Å². The van der Waals surface area contributed by atoms with Crippen molar-refractivity contribution >= 4 is 23.6 Å². The minimum Gasteiger partial charge on any atom is -0.493 e. The SMILES string of the molecule is O=C(CCCOc1cccc2c1CN(C1CCC(=O)NC1=O)C2=O)NO. The molecule has 2 heterocycles. The predicted octanol–water partition coefficient (Wildman–Crippen LogP) is 0.112. The van der Waals surface area contributed by atoms with Crippen LogP contribution in [0, 0.1) is 0 Å². The fourth-order valence-corrected chi connectivity index (χ4v) is 3.16. The fourth-order valence-electron chi connectivity index (χ4n) is 3.16. The molecule has 0 radical (unpaired) electrons. The molecule has 0 aliphatic carbocycles. The highest BCUT2D eigenvalue weighted by Crippen LogP contribution is 2.33. The van der Waals surface area contributed by atoms with Gasteiger partial charge in [0.25, 0.3) is 5.91 Å². The van der Waals surface area contributed by atoms with E-state index in [2.05, 4.69) is 5.32 Å². The highest BCUT2D eigenvalue weighted by molar-refractivity contribution is 6.05. The number of carbonyl (C=O) groups excluding carboxylic acids is 4. The van der Waals surface area contributed by atoms with Crippen LogP contribution in [0.5, 0.6) is 5.75 Å². The number of benzene rings is 1. The molecule has 0 spiro atoms. The molecule has 1 aromatic rings. The number of hydroxylamine groups is 1. The number of rotatable bonds is 6. The molecule has 2 aliphatic rings. The summed E-state index contributed by atoms with van der Waals surface area (Å²) in [5.41, 5.74) is 2.71. The summed E-state index contributed by atoms with van der Waals surface area (Å²) in [4.78, 5) is 48.5. The van der Waals surface area contributed by atoms with Gasteiger partial charge in [-0.3, -0.25) is 29.7 Å². The van der Waals surface area contributed by atoms with Gasteiger partial charge in [-0.1, -0.05) is 6.07 Å². The fraction of sp³-hybridized carbons (Fsp3) is 0.412. The number of ether oxygens (including phenoxy) is 1. The van der Waals surface area contributed by atoms with Crippen molar-refractivity contribution in [3.05, 3.63) is 29.3 Å². The molecule has 1 saturated heterocycles. The summed E-state index contributed by atoms with van der Waals surface area (Å²) in [5, 5.41) is 10.7. The van der Waals surface area contributed by atoms with E-state index in [9.17, 15) is 19.2 Å². The van der Waals surface area contributed by atoms with Gasteiger partial charge in [-0.05, 0) is 25.0 Å². The molecule has 0 saturated carbocycles. The van der Waals surface area contributed by atoms with Crippen LogP contribution in [-0.2, 0) is 20.9 Å². The maximum absolute atomic E-state index is 12.7. The zero-order valence-electron chi connectivity index (χ0n) is 14.0. The van der Waals surface area contributed by atoms with Crippen LogP contribution in [0.15, 0.2) is 18.2 Å². The van der Waals surface area contributed by atoms with Crippen LogP contribution < -0.4 is 15.5 Å². The van der Waals surface area contributed by atoms with Gasteiger partial charge in [-0.2, -0.15) is 0 Å². The lowest BCUT2D eigenvalue weighted by Crippen LogP contribution is -2.52.